The van der Waals surface area contributed by atoms with Gasteiger partial charge in [-0.25, -0.2) is 4.79 Å². The quantitative estimate of drug-likeness (QED) is 0.213. The summed E-state index contributed by atoms with van der Waals surface area (Å²) in [6.07, 6.45) is 1.73. The van der Waals surface area contributed by atoms with Gasteiger partial charge in [0.15, 0.2) is 11.0 Å². The van der Waals surface area contributed by atoms with Gasteiger partial charge in [0.25, 0.3) is 0 Å². The number of halogens is 1. The minimum Gasteiger partial charge on any atom is -0.486 e. The van der Waals surface area contributed by atoms with Gasteiger partial charge in [0.2, 0.25) is 5.91 Å². The smallest absolute Gasteiger partial charge is 0.338 e. The van der Waals surface area contributed by atoms with E-state index in [0.29, 0.717) is 41.1 Å². The van der Waals surface area contributed by atoms with Gasteiger partial charge in [-0.15, -0.1) is 16.8 Å². The standard InChI is InChI=1S/C25H27ClN4O4S/c1-5-11-30-21(14-34-20-12-16(3)23(26)17(4)13-20)28-29-25(30)35-15-22(31)27-19-9-7-18(8-10-19)24(32)33-6-2/h5,7-10,12-13H,1,6,11,14-15H2,2-4H3,(H,27,31). The van der Waals surface area contributed by atoms with Crippen LogP contribution in [0.3, 0.4) is 0 Å². The molecule has 3 aromatic rings. The molecule has 0 saturated heterocycles. The predicted octanol–water partition coefficient (Wildman–Crippen LogP) is 5.22. The molecule has 0 aliphatic heterocycles. The van der Waals surface area contributed by atoms with Crippen LogP contribution in [0, 0.1) is 13.8 Å². The van der Waals surface area contributed by atoms with Crippen LogP contribution in [0.2, 0.25) is 5.02 Å². The normalized spacial score (nSPS) is 10.6. The number of rotatable bonds is 11. The van der Waals surface area contributed by atoms with Gasteiger partial charge in [0, 0.05) is 17.3 Å². The van der Waals surface area contributed by atoms with Gasteiger partial charge in [0.1, 0.15) is 12.4 Å². The summed E-state index contributed by atoms with van der Waals surface area (Å²) in [5.41, 5.74) is 2.88. The van der Waals surface area contributed by atoms with Crippen molar-refractivity contribution in [2.75, 3.05) is 17.7 Å². The summed E-state index contributed by atoms with van der Waals surface area (Å²) >= 11 is 7.49. The first-order valence-corrected chi connectivity index (χ1v) is 12.3. The van der Waals surface area contributed by atoms with E-state index in [1.54, 1.807) is 37.3 Å². The zero-order chi connectivity index (χ0) is 25.4. The predicted molar refractivity (Wildman–Crippen MR) is 137 cm³/mol. The molecule has 1 heterocycles. The number of nitrogens with one attached hydrogen (secondary N) is 1. The summed E-state index contributed by atoms with van der Waals surface area (Å²) in [7, 11) is 0. The van der Waals surface area contributed by atoms with Gasteiger partial charge in [-0.05, 0) is 68.3 Å². The summed E-state index contributed by atoms with van der Waals surface area (Å²) in [5.74, 6) is 0.832. The van der Waals surface area contributed by atoms with Crippen molar-refractivity contribution in [2.24, 2.45) is 0 Å². The average molecular weight is 515 g/mol. The van der Waals surface area contributed by atoms with Gasteiger partial charge < -0.3 is 14.8 Å². The topological polar surface area (TPSA) is 95.3 Å². The van der Waals surface area contributed by atoms with E-state index in [4.69, 9.17) is 21.1 Å². The monoisotopic (exact) mass is 514 g/mol. The van der Waals surface area contributed by atoms with Crippen LogP contribution in [0.1, 0.15) is 34.2 Å². The molecule has 0 fully saturated rings. The second kappa shape index (κ2) is 12.4. The van der Waals surface area contributed by atoms with E-state index >= 15 is 0 Å². The van der Waals surface area contributed by atoms with Crippen molar-refractivity contribution in [1.82, 2.24) is 14.8 Å². The molecule has 1 amide bonds. The molecule has 0 radical (unpaired) electrons. The Hall–Kier alpha value is -3.30. The Balaban J connectivity index is 1.59. The Morgan fingerprint density at radius 2 is 1.86 bits per heavy atom. The van der Waals surface area contributed by atoms with Crippen molar-refractivity contribution in [3.8, 4) is 5.75 Å². The van der Waals surface area contributed by atoms with Gasteiger partial charge in [0.05, 0.1) is 17.9 Å². The molecule has 10 heteroatoms. The highest BCUT2D eigenvalue weighted by Gasteiger charge is 2.15. The molecule has 3 rings (SSSR count). The second-order valence-corrected chi connectivity index (χ2v) is 8.91. The van der Waals surface area contributed by atoms with E-state index in [1.165, 1.54) is 11.8 Å². The lowest BCUT2D eigenvalue weighted by atomic mass is 10.1. The minimum absolute atomic E-state index is 0.130. The van der Waals surface area contributed by atoms with Crippen LogP contribution >= 0.6 is 23.4 Å². The van der Waals surface area contributed by atoms with E-state index in [-0.39, 0.29) is 18.3 Å². The summed E-state index contributed by atoms with van der Waals surface area (Å²) in [4.78, 5) is 24.2. The Bertz CT molecular complexity index is 1190. The molecule has 0 unspecified atom stereocenters. The summed E-state index contributed by atoms with van der Waals surface area (Å²) in [6, 6.07) is 10.3. The van der Waals surface area contributed by atoms with Crippen LogP contribution in [0.4, 0.5) is 5.69 Å². The molecular weight excluding hydrogens is 488 g/mol. The Morgan fingerprint density at radius 1 is 1.17 bits per heavy atom. The van der Waals surface area contributed by atoms with Gasteiger partial charge in [-0.2, -0.15) is 0 Å². The molecule has 184 valence electrons. The van der Waals surface area contributed by atoms with Crippen molar-refractivity contribution in [3.05, 3.63) is 76.6 Å². The van der Waals surface area contributed by atoms with Crippen LogP contribution in [0.5, 0.6) is 5.75 Å². The first-order valence-electron chi connectivity index (χ1n) is 10.9. The summed E-state index contributed by atoms with van der Waals surface area (Å²) < 4.78 is 12.7. The van der Waals surface area contributed by atoms with Gasteiger partial charge >= 0.3 is 5.97 Å². The molecule has 8 nitrogen and oxygen atoms in total. The fraction of sp³-hybridized carbons (Fsp3) is 0.280. The van der Waals surface area contributed by atoms with Crippen LogP contribution in [-0.2, 0) is 22.7 Å². The second-order valence-electron chi connectivity index (χ2n) is 7.59. The molecule has 0 spiro atoms. The zero-order valence-electron chi connectivity index (χ0n) is 19.8. The average Bonchev–Trinajstić information content (AvgIpc) is 3.22. The number of amides is 1. The Morgan fingerprint density at radius 3 is 2.49 bits per heavy atom. The fourth-order valence-electron chi connectivity index (χ4n) is 3.21. The molecule has 0 aliphatic rings. The molecule has 1 N–H and O–H groups in total. The molecule has 0 atom stereocenters. The number of carbonyl (C=O) groups excluding carboxylic acids is 2. The lowest BCUT2D eigenvalue weighted by molar-refractivity contribution is -0.113. The largest absolute Gasteiger partial charge is 0.486 e. The van der Waals surface area contributed by atoms with Crippen molar-refractivity contribution in [1.29, 1.82) is 0 Å². The van der Waals surface area contributed by atoms with Crippen LogP contribution in [-0.4, -0.2) is 39.0 Å². The maximum absolute atomic E-state index is 12.4. The van der Waals surface area contributed by atoms with Crippen molar-refractivity contribution in [2.45, 2.75) is 39.1 Å². The number of thioether (sulfide) groups is 1. The number of carbonyl (C=O) groups is 2. The van der Waals surface area contributed by atoms with E-state index in [9.17, 15) is 9.59 Å². The highest BCUT2D eigenvalue weighted by molar-refractivity contribution is 7.99. The van der Waals surface area contributed by atoms with E-state index in [2.05, 4.69) is 22.1 Å². The third kappa shape index (κ3) is 7.10. The molecule has 35 heavy (non-hydrogen) atoms. The fourth-order valence-corrected chi connectivity index (χ4v) is 4.09. The van der Waals surface area contributed by atoms with Crippen LogP contribution in [0.15, 0.2) is 54.2 Å². The summed E-state index contributed by atoms with van der Waals surface area (Å²) in [6.45, 7) is 10.4. The lowest BCUT2D eigenvalue weighted by Gasteiger charge is -2.11. The maximum Gasteiger partial charge on any atom is 0.338 e. The van der Waals surface area contributed by atoms with Crippen molar-refractivity contribution in [3.63, 3.8) is 0 Å². The number of nitrogens with zero attached hydrogens (tertiary/aromatic N) is 3. The van der Waals surface area contributed by atoms with Gasteiger partial charge in [-0.3, -0.25) is 9.36 Å². The van der Waals surface area contributed by atoms with E-state index in [1.807, 2.05) is 30.5 Å². The number of hydrogen-bond acceptors (Lipinski definition) is 7. The molecule has 0 saturated carbocycles. The maximum atomic E-state index is 12.4. The van der Waals surface area contributed by atoms with Crippen LogP contribution in [0.25, 0.3) is 0 Å². The highest BCUT2D eigenvalue weighted by atomic mass is 35.5. The minimum atomic E-state index is -0.399. The molecule has 1 aromatic heterocycles. The van der Waals surface area contributed by atoms with Crippen molar-refractivity contribution < 1.29 is 19.1 Å². The first-order chi connectivity index (χ1) is 16.8. The molecule has 0 bridgehead atoms. The third-order valence-corrected chi connectivity index (χ3v) is 6.46. The summed E-state index contributed by atoms with van der Waals surface area (Å²) in [5, 5.41) is 12.6. The first kappa shape index (κ1) is 26.3. The van der Waals surface area contributed by atoms with E-state index < -0.39 is 5.97 Å². The SMILES string of the molecule is C=CCn1c(COc2cc(C)c(Cl)c(C)c2)nnc1SCC(=O)Nc1ccc(C(=O)OCC)cc1. The van der Waals surface area contributed by atoms with E-state index in [0.717, 1.165) is 16.1 Å². The molecular formula is C25H27ClN4O4S. The highest BCUT2D eigenvalue weighted by Crippen LogP contribution is 2.26. The number of ether oxygens (including phenoxy) is 2. The third-order valence-electron chi connectivity index (χ3n) is 4.90. The number of anilines is 1. The Labute approximate surface area is 213 Å². The number of allylic oxidation sites excluding steroid dienone is 1. The molecule has 2 aromatic carbocycles. The number of hydrogen-bond donors (Lipinski definition) is 1. The van der Waals surface area contributed by atoms with Crippen LogP contribution < -0.4 is 10.1 Å². The number of aryl methyl sites for hydroxylation is 2. The van der Waals surface area contributed by atoms with Gasteiger partial charge in [-0.1, -0.05) is 29.4 Å². The number of aromatic nitrogens is 3. The number of benzene rings is 2. The Kier molecular flexibility index (Phi) is 9.33. The van der Waals surface area contributed by atoms with Crippen molar-refractivity contribution >= 4 is 40.9 Å². The molecule has 0 aliphatic carbocycles. The zero-order valence-corrected chi connectivity index (χ0v) is 21.4. The number of esters is 1. The lowest BCUT2D eigenvalue weighted by Crippen LogP contribution is -2.15.